The molecule has 0 saturated carbocycles. The predicted molar refractivity (Wildman–Crippen MR) is 56.5 cm³/mol. The molecule has 0 radical (unpaired) electrons. The summed E-state index contributed by atoms with van der Waals surface area (Å²) in [5.41, 5.74) is 0. The summed E-state index contributed by atoms with van der Waals surface area (Å²) in [7, 11) is 0. The molecule has 1 aromatic heterocycles. The lowest BCUT2D eigenvalue weighted by Crippen LogP contribution is -2.19. The van der Waals surface area contributed by atoms with Gasteiger partial charge in [0.25, 0.3) is 0 Å². The molecule has 0 unspecified atom stereocenters. The van der Waals surface area contributed by atoms with Gasteiger partial charge in [0, 0.05) is 13.0 Å². The molecule has 0 amide bonds. The standard InChI is InChI=1S/C9H15F2N3S/c1-3-5-6-14-7(9(10,11)4-2)12-13-8(14)15/h3-6H2,1-2H3,(H,13,15). The van der Waals surface area contributed by atoms with Crippen LogP contribution in [0, 0.1) is 4.77 Å². The number of alkyl halides is 2. The third kappa shape index (κ3) is 2.62. The first kappa shape index (κ1) is 12.3. The molecule has 0 aromatic carbocycles. The Hall–Kier alpha value is -0.780. The maximum Gasteiger partial charge on any atom is 0.306 e. The molecule has 15 heavy (non-hydrogen) atoms. The van der Waals surface area contributed by atoms with Gasteiger partial charge in [-0.15, -0.1) is 0 Å². The van der Waals surface area contributed by atoms with Crippen molar-refractivity contribution in [3.8, 4) is 0 Å². The number of aromatic amines is 1. The van der Waals surface area contributed by atoms with E-state index in [4.69, 9.17) is 12.2 Å². The fourth-order valence-corrected chi connectivity index (χ4v) is 1.50. The molecule has 0 atom stereocenters. The van der Waals surface area contributed by atoms with Gasteiger partial charge < -0.3 is 0 Å². The van der Waals surface area contributed by atoms with Crippen molar-refractivity contribution in [3.63, 3.8) is 0 Å². The quantitative estimate of drug-likeness (QED) is 0.795. The Morgan fingerprint density at radius 1 is 1.47 bits per heavy atom. The van der Waals surface area contributed by atoms with Gasteiger partial charge in [0.05, 0.1) is 0 Å². The normalized spacial score (nSPS) is 12.0. The van der Waals surface area contributed by atoms with Gasteiger partial charge in [-0.3, -0.25) is 9.67 Å². The SMILES string of the molecule is CCCCn1c(C(F)(F)CC)n[nH]c1=S. The van der Waals surface area contributed by atoms with Gasteiger partial charge in [0.15, 0.2) is 4.77 Å². The second kappa shape index (κ2) is 4.83. The van der Waals surface area contributed by atoms with Crippen LogP contribution >= 0.6 is 12.2 Å². The van der Waals surface area contributed by atoms with Crippen molar-refractivity contribution in [1.82, 2.24) is 14.8 Å². The Bertz CT molecular complexity index is 370. The Labute approximate surface area is 92.5 Å². The first-order valence-electron chi connectivity index (χ1n) is 5.06. The molecule has 1 aromatic rings. The number of nitrogens with zero attached hydrogens (tertiary/aromatic N) is 2. The fraction of sp³-hybridized carbons (Fsp3) is 0.778. The number of rotatable bonds is 5. The summed E-state index contributed by atoms with van der Waals surface area (Å²) in [4.78, 5) is 0. The van der Waals surface area contributed by atoms with Crippen LogP contribution in [0.5, 0.6) is 0 Å². The van der Waals surface area contributed by atoms with Gasteiger partial charge in [-0.25, -0.2) is 0 Å². The van der Waals surface area contributed by atoms with E-state index in [0.29, 0.717) is 6.54 Å². The summed E-state index contributed by atoms with van der Waals surface area (Å²) in [6.45, 7) is 3.93. The fourth-order valence-electron chi connectivity index (χ4n) is 1.28. The summed E-state index contributed by atoms with van der Waals surface area (Å²) in [5, 5.41) is 6.03. The molecule has 1 heterocycles. The van der Waals surface area contributed by atoms with E-state index in [2.05, 4.69) is 10.2 Å². The average Bonchev–Trinajstić information content (AvgIpc) is 2.57. The highest BCUT2D eigenvalue weighted by molar-refractivity contribution is 7.71. The molecular weight excluding hydrogens is 220 g/mol. The molecule has 0 aliphatic carbocycles. The van der Waals surface area contributed by atoms with Gasteiger partial charge in [0.2, 0.25) is 5.82 Å². The molecule has 1 N–H and O–H groups in total. The van der Waals surface area contributed by atoms with Crippen LogP contribution in [0.4, 0.5) is 8.78 Å². The van der Waals surface area contributed by atoms with Gasteiger partial charge in [0.1, 0.15) is 0 Å². The van der Waals surface area contributed by atoms with Crippen LogP contribution < -0.4 is 0 Å². The maximum absolute atomic E-state index is 13.4. The van der Waals surface area contributed by atoms with Crippen LogP contribution in [0.2, 0.25) is 0 Å². The number of aromatic nitrogens is 3. The largest absolute Gasteiger partial charge is 0.306 e. The maximum atomic E-state index is 13.4. The number of hydrogen-bond acceptors (Lipinski definition) is 2. The molecule has 0 spiro atoms. The van der Waals surface area contributed by atoms with Crippen molar-refractivity contribution in [1.29, 1.82) is 0 Å². The van der Waals surface area contributed by atoms with Crippen molar-refractivity contribution in [2.45, 2.75) is 45.6 Å². The molecule has 6 heteroatoms. The van der Waals surface area contributed by atoms with Gasteiger partial charge in [-0.2, -0.15) is 13.9 Å². The second-order valence-electron chi connectivity index (χ2n) is 3.42. The van der Waals surface area contributed by atoms with Crippen molar-refractivity contribution < 1.29 is 8.78 Å². The Balaban J connectivity index is 3.03. The highest BCUT2D eigenvalue weighted by Gasteiger charge is 2.34. The van der Waals surface area contributed by atoms with E-state index in [1.807, 2.05) is 6.92 Å². The minimum atomic E-state index is -2.90. The number of H-pyrrole nitrogens is 1. The molecule has 1 rings (SSSR count). The molecule has 0 aliphatic rings. The lowest BCUT2D eigenvalue weighted by molar-refractivity contribution is -0.0214. The average molecular weight is 235 g/mol. The monoisotopic (exact) mass is 235 g/mol. The lowest BCUT2D eigenvalue weighted by Gasteiger charge is -2.14. The zero-order valence-corrected chi connectivity index (χ0v) is 9.70. The molecule has 86 valence electrons. The minimum Gasteiger partial charge on any atom is -0.299 e. The van der Waals surface area contributed by atoms with Crippen LogP contribution in [-0.2, 0) is 12.5 Å². The molecule has 0 aliphatic heterocycles. The van der Waals surface area contributed by atoms with Crippen LogP contribution in [0.3, 0.4) is 0 Å². The second-order valence-corrected chi connectivity index (χ2v) is 3.80. The summed E-state index contributed by atoms with van der Waals surface area (Å²) in [5.74, 6) is -3.15. The minimum absolute atomic E-state index is 0.247. The van der Waals surface area contributed by atoms with Gasteiger partial charge in [-0.1, -0.05) is 20.3 Å². The van der Waals surface area contributed by atoms with E-state index in [1.165, 1.54) is 11.5 Å². The van der Waals surface area contributed by atoms with E-state index in [1.54, 1.807) is 0 Å². The number of hydrogen-bond donors (Lipinski definition) is 1. The van der Waals surface area contributed by atoms with Crippen LogP contribution in [0.1, 0.15) is 38.9 Å². The van der Waals surface area contributed by atoms with Crippen LogP contribution in [0.25, 0.3) is 0 Å². The molecular formula is C9H15F2N3S. The zero-order chi connectivity index (χ0) is 11.5. The Morgan fingerprint density at radius 3 is 2.67 bits per heavy atom. The smallest absolute Gasteiger partial charge is 0.299 e. The highest BCUT2D eigenvalue weighted by Crippen LogP contribution is 2.29. The highest BCUT2D eigenvalue weighted by atomic mass is 32.1. The van der Waals surface area contributed by atoms with Gasteiger partial charge >= 0.3 is 5.92 Å². The van der Waals surface area contributed by atoms with E-state index in [9.17, 15) is 8.78 Å². The predicted octanol–water partition coefficient (Wildman–Crippen LogP) is 3.24. The summed E-state index contributed by atoms with van der Waals surface area (Å²) in [6.07, 6.45) is 1.49. The number of halogens is 2. The third-order valence-corrected chi connectivity index (χ3v) is 2.58. The van der Waals surface area contributed by atoms with Crippen molar-refractivity contribution in [2.24, 2.45) is 0 Å². The Morgan fingerprint density at radius 2 is 2.13 bits per heavy atom. The van der Waals surface area contributed by atoms with Gasteiger partial charge in [-0.05, 0) is 18.6 Å². The molecule has 3 nitrogen and oxygen atoms in total. The van der Waals surface area contributed by atoms with E-state index < -0.39 is 5.92 Å². The summed E-state index contributed by atoms with van der Waals surface area (Å²) in [6, 6.07) is 0. The third-order valence-electron chi connectivity index (χ3n) is 2.26. The van der Waals surface area contributed by atoms with Crippen molar-refractivity contribution in [2.75, 3.05) is 0 Å². The van der Waals surface area contributed by atoms with Crippen LogP contribution in [0.15, 0.2) is 0 Å². The van der Waals surface area contributed by atoms with Crippen molar-refractivity contribution in [3.05, 3.63) is 10.6 Å². The first-order valence-corrected chi connectivity index (χ1v) is 5.47. The number of nitrogens with one attached hydrogen (secondary N) is 1. The molecule has 0 bridgehead atoms. The zero-order valence-electron chi connectivity index (χ0n) is 8.89. The molecule has 0 fully saturated rings. The summed E-state index contributed by atoms with van der Waals surface area (Å²) >= 11 is 4.91. The van der Waals surface area contributed by atoms with E-state index >= 15 is 0 Å². The van der Waals surface area contributed by atoms with Crippen LogP contribution in [-0.4, -0.2) is 14.8 Å². The lowest BCUT2D eigenvalue weighted by atomic mass is 10.2. The Kier molecular flexibility index (Phi) is 3.96. The van der Waals surface area contributed by atoms with E-state index in [-0.39, 0.29) is 17.0 Å². The summed E-state index contributed by atoms with van der Waals surface area (Å²) < 4.78 is 28.5. The molecule has 0 saturated heterocycles. The van der Waals surface area contributed by atoms with E-state index in [0.717, 1.165) is 12.8 Å². The topological polar surface area (TPSA) is 33.6 Å². The first-order chi connectivity index (χ1) is 7.03. The number of unbranched alkanes of at least 4 members (excludes halogenated alkanes) is 1. The van der Waals surface area contributed by atoms with Crippen molar-refractivity contribution >= 4 is 12.2 Å².